The molecule has 1 aliphatic heterocycles. The molecule has 1 heterocycles. The molecule has 0 saturated heterocycles. The van der Waals surface area contributed by atoms with Gasteiger partial charge in [0.05, 0.1) is 5.69 Å². The van der Waals surface area contributed by atoms with Crippen molar-refractivity contribution in [3.8, 4) is 0 Å². The molecule has 0 aromatic heterocycles. The van der Waals surface area contributed by atoms with Crippen LogP contribution in [0.1, 0.15) is 17.2 Å². The summed E-state index contributed by atoms with van der Waals surface area (Å²) in [4.78, 5) is 11.6. The lowest BCUT2D eigenvalue weighted by Crippen LogP contribution is -2.27. The van der Waals surface area contributed by atoms with Crippen LogP contribution in [-0.4, -0.2) is 12.5 Å². The van der Waals surface area contributed by atoms with Crippen LogP contribution in [0.4, 0.5) is 10.1 Å². The van der Waals surface area contributed by atoms with Crippen LogP contribution in [0, 0.1) is 12.7 Å². The molecular weight excluding hydrogens is 207 g/mol. The zero-order valence-electron chi connectivity index (χ0n) is 9.01. The Balaban J connectivity index is 2.39. The van der Waals surface area contributed by atoms with Crippen LogP contribution in [0.3, 0.4) is 0 Å². The molecule has 2 rings (SSSR count). The number of hydrogen-bond donors (Lipinski definition) is 2. The van der Waals surface area contributed by atoms with Crippen LogP contribution < -0.4 is 10.6 Å². The Hall–Kier alpha value is -1.68. The fourth-order valence-electron chi connectivity index (χ4n) is 1.87. The molecule has 0 aliphatic carbocycles. The molecule has 16 heavy (non-hydrogen) atoms. The zero-order valence-corrected chi connectivity index (χ0v) is 9.01. The van der Waals surface area contributed by atoms with Gasteiger partial charge in [-0.1, -0.05) is 12.1 Å². The summed E-state index contributed by atoms with van der Waals surface area (Å²) in [5.41, 5.74) is 1.76. The van der Waals surface area contributed by atoms with Gasteiger partial charge in [0, 0.05) is 12.1 Å². The molecular formula is C12H13FN2O. The Labute approximate surface area is 93.4 Å². The number of anilines is 1. The van der Waals surface area contributed by atoms with Crippen molar-refractivity contribution < 1.29 is 9.18 Å². The van der Waals surface area contributed by atoms with Gasteiger partial charge in [-0.05, 0) is 18.6 Å². The smallest absolute Gasteiger partial charge is 0.246 e. The van der Waals surface area contributed by atoms with Gasteiger partial charge in [-0.2, -0.15) is 0 Å². The highest BCUT2D eigenvalue weighted by atomic mass is 19.1. The van der Waals surface area contributed by atoms with Gasteiger partial charge in [0.25, 0.3) is 0 Å². The van der Waals surface area contributed by atoms with E-state index in [1.807, 2.05) is 6.07 Å². The van der Waals surface area contributed by atoms with E-state index in [0.717, 1.165) is 5.56 Å². The van der Waals surface area contributed by atoms with Crippen LogP contribution in [0.25, 0.3) is 0 Å². The van der Waals surface area contributed by atoms with E-state index in [0.29, 0.717) is 12.1 Å². The summed E-state index contributed by atoms with van der Waals surface area (Å²) >= 11 is 0. The summed E-state index contributed by atoms with van der Waals surface area (Å²) in [6, 6.07) is 2.74. The minimum absolute atomic E-state index is 0.221. The number of nitrogens with one attached hydrogen (secondary N) is 2. The summed E-state index contributed by atoms with van der Waals surface area (Å²) in [7, 11) is 0. The number of benzene rings is 1. The predicted octanol–water partition coefficient (Wildman–Crippen LogP) is 1.90. The van der Waals surface area contributed by atoms with Gasteiger partial charge in [0.15, 0.2) is 0 Å². The van der Waals surface area contributed by atoms with Crippen molar-refractivity contribution in [3.05, 3.63) is 41.7 Å². The Morgan fingerprint density at radius 1 is 1.62 bits per heavy atom. The highest BCUT2D eigenvalue weighted by molar-refractivity contribution is 6.02. The summed E-state index contributed by atoms with van der Waals surface area (Å²) in [5, 5.41) is 5.54. The molecule has 0 spiro atoms. The highest BCUT2D eigenvalue weighted by Crippen LogP contribution is 2.33. The number of aryl methyl sites for hydroxylation is 1. The van der Waals surface area contributed by atoms with Crippen LogP contribution in [0.15, 0.2) is 24.8 Å². The average molecular weight is 220 g/mol. The van der Waals surface area contributed by atoms with E-state index in [1.165, 1.54) is 6.07 Å². The zero-order chi connectivity index (χ0) is 11.7. The number of hydrogen-bond acceptors (Lipinski definition) is 2. The van der Waals surface area contributed by atoms with Crippen molar-refractivity contribution in [3.63, 3.8) is 0 Å². The number of halogens is 1. The molecule has 3 nitrogen and oxygen atoms in total. The molecule has 1 aromatic rings. The van der Waals surface area contributed by atoms with Crippen molar-refractivity contribution in [1.82, 2.24) is 5.32 Å². The number of carbonyl (C=O) groups is 1. The maximum atomic E-state index is 13.6. The lowest BCUT2D eigenvalue weighted by molar-refractivity contribution is -0.117. The predicted molar refractivity (Wildman–Crippen MR) is 60.7 cm³/mol. The van der Waals surface area contributed by atoms with Crippen molar-refractivity contribution in [2.45, 2.75) is 13.0 Å². The summed E-state index contributed by atoms with van der Waals surface area (Å²) < 4.78 is 13.6. The topological polar surface area (TPSA) is 41.1 Å². The average Bonchev–Trinajstić information content (AvgIpc) is 2.53. The van der Waals surface area contributed by atoms with E-state index in [1.54, 1.807) is 13.0 Å². The molecule has 1 atom stereocenters. The third-order valence-corrected chi connectivity index (χ3v) is 2.55. The Bertz CT molecular complexity index is 457. The maximum Gasteiger partial charge on any atom is 0.246 e. The lowest BCUT2D eigenvalue weighted by atomic mass is 10.0. The molecule has 2 N–H and O–H groups in total. The fourth-order valence-corrected chi connectivity index (χ4v) is 1.87. The standard InChI is InChI=1S/C12H13FN2O/c1-3-4-14-11-8-5-7(2)6-9(13)10(8)15-12(11)16/h3,5-6,11,14H,1,4H2,2H3,(H,15,16). The second kappa shape index (κ2) is 4.06. The normalized spacial score (nSPS) is 18.1. The van der Waals surface area contributed by atoms with Gasteiger partial charge in [-0.3, -0.25) is 10.1 Å². The van der Waals surface area contributed by atoms with E-state index >= 15 is 0 Å². The van der Waals surface area contributed by atoms with Crippen LogP contribution in [-0.2, 0) is 4.79 Å². The second-order valence-electron chi connectivity index (χ2n) is 3.83. The van der Waals surface area contributed by atoms with Gasteiger partial charge in [0.2, 0.25) is 5.91 Å². The first-order chi connectivity index (χ1) is 7.63. The molecule has 0 bridgehead atoms. The third-order valence-electron chi connectivity index (χ3n) is 2.55. The van der Waals surface area contributed by atoms with E-state index < -0.39 is 6.04 Å². The van der Waals surface area contributed by atoms with Crippen molar-refractivity contribution >= 4 is 11.6 Å². The monoisotopic (exact) mass is 220 g/mol. The van der Waals surface area contributed by atoms with E-state index in [4.69, 9.17) is 0 Å². The Kier molecular flexibility index (Phi) is 2.75. The SMILES string of the molecule is C=CCNC1C(=O)Nc2c(F)cc(C)cc21. The van der Waals surface area contributed by atoms with E-state index in [2.05, 4.69) is 17.2 Å². The van der Waals surface area contributed by atoms with Gasteiger partial charge in [0.1, 0.15) is 11.9 Å². The van der Waals surface area contributed by atoms with Crippen LogP contribution in [0.5, 0.6) is 0 Å². The van der Waals surface area contributed by atoms with E-state index in [-0.39, 0.29) is 17.4 Å². The van der Waals surface area contributed by atoms with Crippen LogP contribution in [0.2, 0.25) is 0 Å². The molecule has 0 radical (unpaired) electrons. The number of rotatable bonds is 3. The highest BCUT2D eigenvalue weighted by Gasteiger charge is 2.32. The van der Waals surface area contributed by atoms with Crippen LogP contribution >= 0.6 is 0 Å². The first-order valence-corrected chi connectivity index (χ1v) is 5.08. The molecule has 1 aliphatic rings. The molecule has 1 unspecified atom stereocenters. The largest absolute Gasteiger partial charge is 0.322 e. The third kappa shape index (κ3) is 1.72. The molecule has 0 saturated carbocycles. The molecule has 4 heteroatoms. The van der Waals surface area contributed by atoms with Gasteiger partial charge >= 0.3 is 0 Å². The molecule has 84 valence electrons. The number of amides is 1. The summed E-state index contributed by atoms with van der Waals surface area (Å²) in [6.07, 6.45) is 1.66. The minimum atomic E-state index is -0.484. The number of carbonyl (C=O) groups excluding carboxylic acids is 1. The quantitative estimate of drug-likeness (QED) is 0.764. The Morgan fingerprint density at radius 2 is 2.38 bits per heavy atom. The van der Waals surface area contributed by atoms with Gasteiger partial charge in [-0.15, -0.1) is 6.58 Å². The van der Waals surface area contributed by atoms with Crippen molar-refractivity contribution in [1.29, 1.82) is 0 Å². The van der Waals surface area contributed by atoms with Gasteiger partial charge in [-0.25, -0.2) is 4.39 Å². The number of fused-ring (bicyclic) bond motifs is 1. The maximum absolute atomic E-state index is 13.6. The summed E-state index contributed by atoms with van der Waals surface area (Å²) in [5.74, 6) is -0.604. The first kappa shape index (κ1) is 10.8. The van der Waals surface area contributed by atoms with E-state index in [9.17, 15) is 9.18 Å². The van der Waals surface area contributed by atoms with Crippen molar-refractivity contribution in [2.75, 3.05) is 11.9 Å². The molecule has 1 amide bonds. The minimum Gasteiger partial charge on any atom is -0.322 e. The Morgan fingerprint density at radius 3 is 3.06 bits per heavy atom. The second-order valence-corrected chi connectivity index (χ2v) is 3.83. The molecule has 1 aromatic carbocycles. The lowest BCUT2D eigenvalue weighted by Gasteiger charge is -2.09. The van der Waals surface area contributed by atoms with Crippen molar-refractivity contribution in [2.24, 2.45) is 0 Å². The fraction of sp³-hybridized carbons (Fsp3) is 0.250. The molecule has 0 fully saturated rings. The summed E-state index contributed by atoms with van der Waals surface area (Å²) in [6.45, 7) is 5.88. The first-order valence-electron chi connectivity index (χ1n) is 5.08. The van der Waals surface area contributed by atoms with Gasteiger partial charge < -0.3 is 5.32 Å².